The Morgan fingerprint density at radius 1 is 0.778 bits per heavy atom. The van der Waals surface area contributed by atoms with E-state index in [9.17, 15) is 0 Å². The summed E-state index contributed by atoms with van der Waals surface area (Å²) in [4.78, 5) is 4.36. The van der Waals surface area contributed by atoms with Crippen molar-refractivity contribution < 1.29 is 0 Å². The molecule has 58 valence electrons. The van der Waals surface area contributed by atoms with Crippen molar-refractivity contribution in [2.75, 3.05) is 41.3 Å². The van der Waals surface area contributed by atoms with E-state index in [1.165, 1.54) is 0 Å². The molecule has 0 radical (unpaired) electrons. The molecule has 0 fully saturated rings. The van der Waals surface area contributed by atoms with Gasteiger partial charge < -0.3 is 9.80 Å². The zero-order valence-electron chi connectivity index (χ0n) is 6.81. The molecule has 0 atom stereocenters. The molecule has 0 heterocycles. The van der Waals surface area contributed by atoms with E-state index in [2.05, 4.69) is 38.0 Å². The van der Waals surface area contributed by atoms with Crippen LogP contribution in [-0.4, -0.2) is 51.1 Å². The molecule has 0 aromatic heterocycles. The molecule has 0 aliphatic rings. The summed E-state index contributed by atoms with van der Waals surface area (Å²) in [6.07, 6.45) is 0. The van der Waals surface area contributed by atoms with E-state index in [0.717, 1.165) is 13.1 Å². The SMILES string of the molecule is CN(C)CCN(C)C.S. The summed E-state index contributed by atoms with van der Waals surface area (Å²) in [5.41, 5.74) is 0. The highest BCUT2D eigenvalue weighted by atomic mass is 32.1. The van der Waals surface area contributed by atoms with Gasteiger partial charge in [0.05, 0.1) is 0 Å². The Morgan fingerprint density at radius 2 is 1.00 bits per heavy atom. The molecule has 0 rings (SSSR count). The highest BCUT2D eigenvalue weighted by Crippen LogP contribution is 1.76. The van der Waals surface area contributed by atoms with E-state index in [4.69, 9.17) is 0 Å². The summed E-state index contributed by atoms with van der Waals surface area (Å²) in [7, 11) is 8.35. The first kappa shape index (κ1) is 12.0. The van der Waals surface area contributed by atoms with Crippen molar-refractivity contribution in [3.05, 3.63) is 0 Å². The van der Waals surface area contributed by atoms with Crippen molar-refractivity contribution in [1.82, 2.24) is 9.80 Å². The number of hydrogen-bond acceptors (Lipinski definition) is 2. The third-order valence-electron chi connectivity index (χ3n) is 0.994. The van der Waals surface area contributed by atoms with Gasteiger partial charge in [-0.15, -0.1) is 0 Å². The molecule has 0 saturated heterocycles. The van der Waals surface area contributed by atoms with E-state index in [1.54, 1.807) is 0 Å². The van der Waals surface area contributed by atoms with Crippen molar-refractivity contribution in [1.29, 1.82) is 0 Å². The Bertz CT molecular complexity index is 47.0. The molecule has 0 amide bonds. The first-order valence-corrected chi connectivity index (χ1v) is 2.92. The van der Waals surface area contributed by atoms with Gasteiger partial charge in [-0.3, -0.25) is 0 Å². The van der Waals surface area contributed by atoms with Crippen LogP contribution in [0.5, 0.6) is 0 Å². The number of rotatable bonds is 3. The van der Waals surface area contributed by atoms with Gasteiger partial charge in [0.1, 0.15) is 0 Å². The van der Waals surface area contributed by atoms with Gasteiger partial charge in [0.2, 0.25) is 0 Å². The van der Waals surface area contributed by atoms with Crippen molar-refractivity contribution in [3.8, 4) is 0 Å². The minimum absolute atomic E-state index is 0. The summed E-state index contributed by atoms with van der Waals surface area (Å²) in [6.45, 7) is 2.29. The van der Waals surface area contributed by atoms with Gasteiger partial charge >= 0.3 is 0 Å². The fourth-order valence-corrected chi connectivity index (χ4v) is 0.400. The molecule has 2 nitrogen and oxygen atoms in total. The zero-order valence-corrected chi connectivity index (χ0v) is 7.81. The molecule has 0 N–H and O–H groups in total. The van der Waals surface area contributed by atoms with Crippen LogP contribution in [0.15, 0.2) is 0 Å². The van der Waals surface area contributed by atoms with Crippen LogP contribution in [0.3, 0.4) is 0 Å². The summed E-state index contributed by atoms with van der Waals surface area (Å²) >= 11 is 0. The number of likely N-dealkylation sites (N-methyl/N-ethyl adjacent to an activating group) is 2. The van der Waals surface area contributed by atoms with Gasteiger partial charge in [-0.1, -0.05) is 0 Å². The smallest absolute Gasteiger partial charge is 0.0103 e. The predicted molar refractivity (Wildman–Crippen MR) is 47.5 cm³/mol. The van der Waals surface area contributed by atoms with E-state index >= 15 is 0 Å². The summed E-state index contributed by atoms with van der Waals surface area (Å²) in [6, 6.07) is 0. The van der Waals surface area contributed by atoms with Crippen molar-refractivity contribution in [2.24, 2.45) is 0 Å². The fraction of sp³-hybridized carbons (Fsp3) is 1.00. The molecule has 0 saturated carbocycles. The second-order valence-electron chi connectivity index (χ2n) is 2.61. The summed E-state index contributed by atoms with van der Waals surface area (Å²) in [5, 5.41) is 0. The van der Waals surface area contributed by atoms with E-state index < -0.39 is 0 Å². The average molecular weight is 150 g/mol. The fourth-order valence-electron chi connectivity index (χ4n) is 0.400. The molecule has 0 bridgehead atoms. The summed E-state index contributed by atoms with van der Waals surface area (Å²) < 4.78 is 0. The zero-order chi connectivity index (χ0) is 6.57. The maximum Gasteiger partial charge on any atom is 0.0103 e. The molecule has 0 aromatic carbocycles. The first-order chi connectivity index (χ1) is 3.63. The Kier molecular flexibility index (Phi) is 8.52. The van der Waals surface area contributed by atoms with E-state index in [-0.39, 0.29) is 13.5 Å². The van der Waals surface area contributed by atoms with Gasteiger partial charge in [0.25, 0.3) is 0 Å². The van der Waals surface area contributed by atoms with Crippen LogP contribution >= 0.6 is 13.5 Å². The summed E-state index contributed by atoms with van der Waals surface area (Å²) in [5.74, 6) is 0. The first-order valence-electron chi connectivity index (χ1n) is 2.92. The quantitative estimate of drug-likeness (QED) is 0.568. The lowest BCUT2D eigenvalue weighted by Gasteiger charge is -2.13. The van der Waals surface area contributed by atoms with Gasteiger partial charge in [0.15, 0.2) is 0 Å². The molecule has 0 aliphatic heterocycles. The van der Waals surface area contributed by atoms with Gasteiger partial charge in [-0.05, 0) is 28.2 Å². The lowest BCUT2D eigenvalue weighted by molar-refractivity contribution is 0.320. The van der Waals surface area contributed by atoms with Crippen molar-refractivity contribution in [2.45, 2.75) is 0 Å². The van der Waals surface area contributed by atoms with E-state index in [1.807, 2.05) is 0 Å². The second kappa shape index (κ2) is 6.39. The van der Waals surface area contributed by atoms with Crippen LogP contribution in [0.2, 0.25) is 0 Å². The molecule has 0 aromatic rings. The van der Waals surface area contributed by atoms with Crippen LogP contribution in [0.1, 0.15) is 0 Å². The van der Waals surface area contributed by atoms with Crippen molar-refractivity contribution >= 4 is 13.5 Å². The van der Waals surface area contributed by atoms with Crippen LogP contribution in [0.4, 0.5) is 0 Å². The van der Waals surface area contributed by atoms with Gasteiger partial charge in [-0.25, -0.2) is 0 Å². The molecule has 0 aliphatic carbocycles. The lowest BCUT2D eigenvalue weighted by Crippen LogP contribution is -2.25. The van der Waals surface area contributed by atoms with Crippen LogP contribution in [-0.2, 0) is 0 Å². The third-order valence-corrected chi connectivity index (χ3v) is 0.994. The molecule has 0 unspecified atom stereocenters. The molecule has 3 heteroatoms. The lowest BCUT2D eigenvalue weighted by atomic mass is 10.5. The van der Waals surface area contributed by atoms with Crippen molar-refractivity contribution in [3.63, 3.8) is 0 Å². The topological polar surface area (TPSA) is 6.48 Å². The Labute approximate surface area is 65.3 Å². The van der Waals surface area contributed by atoms with Crippen LogP contribution in [0.25, 0.3) is 0 Å². The molecule has 0 spiro atoms. The molecule has 9 heavy (non-hydrogen) atoms. The Balaban J connectivity index is 0. The minimum Gasteiger partial charge on any atom is -0.308 e. The number of hydrogen-bond donors (Lipinski definition) is 0. The molecular weight excluding hydrogens is 132 g/mol. The maximum atomic E-state index is 2.18. The van der Waals surface area contributed by atoms with Gasteiger partial charge in [0, 0.05) is 13.1 Å². The standard InChI is InChI=1S/C6H16N2.H2S/c1-7(2)5-6-8(3)4;/h5-6H2,1-4H3;1H2. The maximum absolute atomic E-state index is 2.18. The predicted octanol–water partition coefficient (Wildman–Crippen LogP) is 0.222. The van der Waals surface area contributed by atoms with Crippen LogP contribution in [0, 0.1) is 0 Å². The highest BCUT2D eigenvalue weighted by molar-refractivity contribution is 7.59. The van der Waals surface area contributed by atoms with E-state index in [0.29, 0.717) is 0 Å². The normalized spacial score (nSPS) is 10.0. The minimum atomic E-state index is 0. The average Bonchev–Trinajstić information content (AvgIpc) is 1.61. The third kappa shape index (κ3) is 11.7. The Hall–Kier alpha value is 0.270. The largest absolute Gasteiger partial charge is 0.308 e. The second-order valence-corrected chi connectivity index (χ2v) is 2.61. The monoisotopic (exact) mass is 150 g/mol. The van der Waals surface area contributed by atoms with Gasteiger partial charge in [-0.2, -0.15) is 13.5 Å². The number of nitrogens with zero attached hydrogens (tertiary/aromatic N) is 2. The molecular formula is C6H18N2S. The Morgan fingerprint density at radius 3 is 1.11 bits per heavy atom. The van der Waals surface area contributed by atoms with Crippen LogP contribution < -0.4 is 0 Å². The highest BCUT2D eigenvalue weighted by Gasteiger charge is 1.89.